The third-order valence-electron chi connectivity index (χ3n) is 4.92. The van der Waals surface area contributed by atoms with Gasteiger partial charge in [0, 0.05) is 17.0 Å². The maximum absolute atomic E-state index is 13.2. The second-order valence-electron chi connectivity index (χ2n) is 7.04. The maximum atomic E-state index is 13.2. The SMILES string of the molecule is COc1cc([N+](=O)[O-])ccc1NC(=O)c1cc(-c2cccc(C)c2)nc2ccccc12. The first-order valence-electron chi connectivity index (χ1n) is 9.57. The van der Waals surface area contributed by atoms with E-state index in [4.69, 9.17) is 9.72 Å². The monoisotopic (exact) mass is 413 g/mol. The summed E-state index contributed by atoms with van der Waals surface area (Å²) in [7, 11) is 1.40. The summed E-state index contributed by atoms with van der Waals surface area (Å²) in [6, 6.07) is 21.1. The average molecular weight is 413 g/mol. The zero-order chi connectivity index (χ0) is 22.0. The number of carbonyl (C=O) groups is 1. The zero-order valence-electron chi connectivity index (χ0n) is 17.0. The van der Waals surface area contributed by atoms with Gasteiger partial charge in [-0.25, -0.2) is 4.98 Å². The summed E-state index contributed by atoms with van der Waals surface area (Å²) in [6.07, 6.45) is 0. The summed E-state index contributed by atoms with van der Waals surface area (Å²) in [6.45, 7) is 2.00. The molecular weight excluding hydrogens is 394 g/mol. The Morgan fingerprint density at radius 3 is 2.58 bits per heavy atom. The zero-order valence-corrected chi connectivity index (χ0v) is 17.0. The molecule has 0 fully saturated rings. The molecule has 1 amide bonds. The van der Waals surface area contributed by atoms with Crippen LogP contribution in [0.15, 0.2) is 72.8 Å². The number of aromatic nitrogens is 1. The van der Waals surface area contributed by atoms with Gasteiger partial charge < -0.3 is 10.1 Å². The second-order valence-corrected chi connectivity index (χ2v) is 7.04. The number of pyridine rings is 1. The Labute approximate surface area is 178 Å². The van der Waals surface area contributed by atoms with Crippen LogP contribution < -0.4 is 10.1 Å². The number of methoxy groups -OCH3 is 1. The van der Waals surface area contributed by atoms with Crippen LogP contribution in [0.4, 0.5) is 11.4 Å². The number of nitrogens with one attached hydrogen (secondary N) is 1. The van der Waals surface area contributed by atoms with Crippen LogP contribution in [0, 0.1) is 17.0 Å². The highest BCUT2D eigenvalue weighted by atomic mass is 16.6. The van der Waals surface area contributed by atoms with E-state index in [1.54, 1.807) is 6.07 Å². The van der Waals surface area contributed by atoms with Crippen LogP contribution in [0.25, 0.3) is 22.2 Å². The number of nitro groups is 1. The standard InChI is InChI=1S/C24H19N3O4/c1-15-6-5-7-16(12-15)22-14-19(18-8-3-4-9-20(18)25-22)24(28)26-21-11-10-17(27(29)30)13-23(21)31-2/h3-14H,1-2H3,(H,26,28). The molecule has 7 heteroatoms. The number of carbonyl (C=O) groups excluding carboxylic acids is 1. The first-order chi connectivity index (χ1) is 15.0. The predicted molar refractivity (Wildman–Crippen MR) is 120 cm³/mol. The van der Waals surface area contributed by atoms with E-state index < -0.39 is 4.92 Å². The molecule has 1 heterocycles. The minimum atomic E-state index is -0.515. The van der Waals surface area contributed by atoms with Crippen LogP contribution >= 0.6 is 0 Å². The Bertz CT molecular complexity index is 1320. The average Bonchev–Trinajstić information content (AvgIpc) is 2.78. The van der Waals surface area contributed by atoms with Gasteiger partial charge >= 0.3 is 0 Å². The van der Waals surface area contributed by atoms with E-state index >= 15 is 0 Å². The number of anilines is 1. The molecule has 31 heavy (non-hydrogen) atoms. The number of fused-ring (bicyclic) bond motifs is 1. The number of benzene rings is 3. The Kier molecular flexibility index (Phi) is 5.32. The van der Waals surface area contributed by atoms with Crippen molar-refractivity contribution in [3.8, 4) is 17.0 Å². The lowest BCUT2D eigenvalue weighted by molar-refractivity contribution is -0.384. The van der Waals surface area contributed by atoms with Crippen molar-refractivity contribution < 1.29 is 14.5 Å². The molecular formula is C24H19N3O4. The van der Waals surface area contributed by atoms with Crippen molar-refractivity contribution in [3.05, 3.63) is 94.0 Å². The number of amides is 1. The molecule has 154 valence electrons. The van der Waals surface area contributed by atoms with E-state index in [9.17, 15) is 14.9 Å². The van der Waals surface area contributed by atoms with Gasteiger partial charge in [0.05, 0.1) is 40.6 Å². The fourth-order valence-corrected chi connectivity index (χ4v) is 3.40. The van der Waals surface area contributed by atoms with E-state index in [0.717, 1.165) is 11.1 Å². The van der Waals surface area contributed by atoms with Gasteiger partial charge in [0.25, 0.3) is 11.6 Å². The number of nitrogens with zero attached hydrogens (tertiary/aromatic N) is 2. The quantitative estimate of drug-likeness (QED) is 0.350. The molecule has 0 saturated carbocycles. The first kappa shape index (κ1) is 20.0. The van der Waals surface area contributed by atoms with Gasteiger partial charge in [-0.3, -0.25) is 14.9 Å². The lowest BCUT2D eigenvalue weighted by Crippen LogP contribution is -2.14. The van der Waals surface area contributed by atoms with Gasteiger partial charge in [0.2, 0.25) is 0 Å². The Balaban J connectivity index is 1.78. The van der Waals surface area contributed by atoms with E-state index in [-0.39, 0.29) is 17.3 Å². The molecule has 0 aliphatic heterocycles. The molecule has 0 radical (unpaired) electrons. The molecule has 0 bridgehead atoms. The van der Waals surface area contributed by atoms with Gasteiger partial charge in [-0.1, -0.05) is 42.0 Å². The number of hydrogen-bond donors (Lipinski definition) is 1. The molecule has 4 aromatic rings. The van der Waals surface area contributed by atoms with E-state index in [1.807, 2.05) is 55.5 Å². The van der Waals surface area contributed by atoms with Crippen LogP contribution in [-0.2, 0) is 0 Å². The molecule has 0 aliphatic rings. The molecule has 0 aliphatic carbocycles. The molecule has 0 spiro atoms. The van der Waals surface area contributed by atoms with E-state index in [0.29, 0.717) is 27.8 Å². The summed E-state index contributed by atoms with van der Waals surface area (Å²) in [5.74, 6) is -0.153. The van der Waals surface area contributed by atoms with Gasteiger partial charge in [-0.15, -0.1) is 0 Å². The number of rotatable bonds is 5. The topological polar surface area (TPSA) is 94.4 Å². The van der Waals surface area contributed by atoms with Crippen molar-refractivity contribution >= 4 is 28.2 Å². The lowest BCUT2D eigenvalue weighted by atomic mass is 10.0. The number of ether oxygens (including phenoxy) is 1. The van der Waals surface area contributed by atoms with Gasteiger partial charge in [0.15, 0.2) is 0 Å². The van der Waals surface area contributed by atoms with Crippen molar-refractivity contribution in [1.29, 1.82) is 0 Å². The van der Waals surface area contributed by atoms with Gasteiger partial charge in [-0.05, 0) is 31.2 Å². The predicted octanol–water partition coefficient (Wildman–Crippen LogP) is 5.38. The third-order valence-corrected chi connectivity index (χ3v) is 4.92. The number of hydrogen-bond acceptors (Lipinski definition) is 5. The van der Waals surface area contributed by atoms with Crippen LogP contribution in [0.2, 0.25) is 0 Å². The number of non-ortho nitro benzene ring substituents is 1. The number of para-hydroxylation sites is 1. The smallest absolute Gasteiger partial charge is 0.273 e. The van der Waals surface area contributed by atoms with Crippen molar-refractivity contribution in [2.24, 2.45) is 0 Å². The van der Waals surface area contributed by atoms with Crippen molar-refractivity contribution in [2.75, 3.05) is 12.4 Å². The van der Waals surface area contributed by atoms with Crippen LogP contribution in [0.3, 0.4) is 0 Å². The van der Waals surface area contributed by atoms with Gasteiger partial charge in [0.1, 0.15) is 5.75 Å². The second kappa shape index (κ2) is 8.23. The Morgan fingerprint density at radius 1 is 1.03 bits per heavy atom. The molecule has 0 saturated heterocycles. The van der Waals surface area contributed by atoms with Crippen molar-refractivity contribution in [1.82, 2.24) is 4.98 Å². The molecule has 1 aromatic heterocycles. The highest BCUT2D eigenvalue weighted by molar-refractivity contribution is 6.13. The van der Waals surface area contributed by atoms with Crippen LogP contribution in [0.1, 0.15) is 15.9 Å². The maximum Gasteiger partial charge on any atom is 0.273 e. The lowest BCUT2D eigenvalue weighted by Gasteiger charge is -2.13. The molecule has 1 N–H and O–H groups in total. The first-order valence-corrected chi connectivity index (χ1v) is 9.57. The Morgan fingerprint density at radius 2 is 1.84 bits per heavy atom. The fourth-order valence-electron chi connectivity index (χ4n) is 3.40. The van der Waals surface area contributed by atoms with Gasteiger partial charge in [-0.2, -0.15) is 0 Å². The highest BCUT2D eigenvalue weighted by Crippen LogP contribution is 2.31. The molecule has 0 unspecified atom stereocenters. The molecule has 4 rings (SSSR count). The summed E-state index contributed by atoms with van der Waals surface area (Å²) < 4.78 is 5.24. The minimum Gasteiger partial charge on any atom is -0.494 e. The summed E-state index contributed by atoms with van der Waals surface area (Å²) in [5, 5.41) is 14.5. The normalized spacial score (nSPS) is 10.6. The van der Waals surface area contributed by atoms with Crippen LogP contribution in [-0.4, -0.2) is 22.9 Å². The van der Waals surface area contributed by atoms with Crippen LogP contribution in [0.5, 0.6) is 5.75 Å². The van der Waals surface area contributed by atoms with E-state index in [2.05, 4.69) is 5.32 Å². The molecule has 3 aromatic carbocycles. The number of nitro benzene ring substituents is 1. The summed E-state index contributed by atoms with van der Waals surface area (Å²) >= 11 is 0. The number of aryl methyl sites for hydroxylation is 1. The van der Waals surface area contributed by atoms with Crippen molar-refractivity contribution in [3.63, 3.8) is 0 Å². The summed E-state index contributed by atoms with van der Waals surface area (Å²) in [4.78, 5) is 28.5. The largest absolute Gasteiger partial charge is 0.494 e. The minimum absolute atomic E-state index is 0.119. The molecule has 7 nitrogen and oxygen atoms in total. The highest BCUT2D eigenvalue weighted by Gasteiger charge is 2.17. The third kappa shape index (κ3) is 4.06. The van der Waals surface area contributed by atoms with Crippen molar-refractivity contribution in [2.45, 2.75) is 6.92 Å². The van der Waals surface area contributed by atoms with E-state index in [1.165, 1.54) is 25.3 Å². The fraction of sp³-hybridized carbons (Fsp3) is 0.0833. The Hall–Kier alpha value is -4.26. The molecule has 0 atom stereocenters. The summed E-state index contributed by atoms with van der Waals surface area (Å²) in [5.41, 5.74) is 4.05.